The molecule has 1 aromatic carbocycles. The van der Waals surface area contributed by atoms with E-state index in [1.165, 1.54) is 4.90 Å². The molecule has 2 aliphatic heterocycles. The van der Waals surface area contributed by atoms with Gasteiger partial charge in [-0.1, -0.05) is 12.1 Å². The van der Waals surface area contributed by atoms with Gasteiger partial charge in [-0.05, 0) is 23.7 Å². The van der Waals surface area contributed by atoms with E-state index in [1.807, 2.05) is 19.1 Å². The lowest BCUT2D eigenvalue weighted by Gasteiger charge is -2.39. The van der Waals surface area contributed by atoms with E-state index in [0.29, 0.717) is 18.1 Å². The molecule has 1 atom stereocenters. The van der Waals surface area contributed by atoms with E-state index < -0.39 is 12.2 Å². The van der Waals surface area contributed by atoms with Crippen LogP contribution in [0.3, 0.4) is 0 Å². The van der Waals surface area contributed by atoms with Crippen LogP contribution in [0.25, 0.3) is 0 Å². The summed E-state index contributed by atoms with van der Waals surface area (Å²) in [6.07, 6.45) is 0.0427. The van der Waals surface area contributed by atoms with E-state index >= 15 is 0 Å². The number of rotatable bonds is 3. The van der Waals surface area contributed by atoms with Crippen LogP contribution in [0.2, 0.25) is 0 Å². The minimum atomic E-state index is -2.66. The van der Waals surface area contributed by atoms with Gasteiger partial charge in [-0.15, -0.1) is 0 Å². The molecule has 0 saturated carbocycles. The van der Waals surface area contributed by atoms with Crippen LogP contribution in [-0.2, 0) is 9.63 Å². The van der Waals surface area contributed by atoms with Crippen LogP contribution < -0.4 is 10.6 Å². The van der Waals surface area contributed by atoms with Gasteiger partial charge in [-0.3, -0.25) is 4.79 Å². The van der Waals surface area contributed by atoms with Gasteiger partial charge in [0.15, 0.2) is 0 Å². The fraction of sp³-hybridized carbons (Fsp3) is 0.385. The molecule has 0 aromatic heterocycles. The summed E-state index contributed by atoms with van der Waals surface area (Å²) in [5, 5.41) is 9.32. The molecule has 3 rings (SSSR count). The Balaban J connectivity index is 1.67. The van der Waals surface area contributed by atoms with E-state index in [0.717, 1.165) is 11.1 Å². The summed E-state index contributed by atoms with van der Waals surface area (Å²) in [7, 11) is 0. The average Bonchev–Trinajstić information content (AvgIpc) is 2.88. The maximum atomic E-state index is 12.8. The number of hydrogen-bond acceptors (Lipinski definition) is 5. The normalized spacial score (nSPS) is 22.7. The molecule has 0 aliphatic carbocycles. The molecule has 0 bridgehead atoms. The van der Waals surface area contributed by atoms with Gasteiger partial charge < -0.3 is 20.4 Å². The molecule has 1 aromatic rings. The number of nitrogens with zero attached hydrogens (tertiary/aromatic N) is 2. The summed E-state index contributed by atoms with van der Waals surface area (Å²) in [6, 6.07) is 5.42. The molecule has 2 heterocycles. The Morgan fingerprint density at radius 3 is 2.95 bits per heavy atom. The summed E-state index contributed by atoms with van der Waals surface area (Å²) in [5.74, 6) is -2.36. The molecule has 2 N–H and O–H groups in total. The summed E-state index contributed by atoms with van der Waals surface area (Å²) in [4.78, 5) is 17.2. The number of carbonyl (C=O) groups excluding carboxylic acids is 1. The van der Waals surface area contributed by atoms with Gasteiger partial charge in [0, 0.05) is 11.3 Å². The Bertz CT molecular complexity index is 598. The lowest BCUT2D eigenvalue weighted by atomic mass is 10.1. The molecule has 8 heteroatoms. The van der Waals surface area contributed by atoms with Gasteiger partial charge in [0.2, 0.25) is 18.6 Å². The molecule has 0 radical (unpaired) electrons. The number of alkyl halides is 2. The van der Waals surface area contributed by atoms with Crippen molar-refractivity contribution in [3.8, 4) is 0 Å². The summed E-state index contributed by atoms with van der Waals surface area (Å²) in [5.41, 5.74) is 2.32. The van der Waals surface area contributed by atoms with Gasteiger partial charge in [-0.25, -0.2) is 8.78 Å². The van der Waals surface area contributed by atoms with Gasteiger partial charge in [0.25, 0.3) is 5.92 Å². The molecule has 2 aliphatic rings. The standard InChI is InChI=1S/C13H14F2N4O2/c1-8-2-3-9(4-10(8)16-7-20)11-17-12(18-21-11)19-5-13(14,15)6-19/h2-4,7,11H,5-6H2,1H3,(H,16,20)(H,17,18). The van der Waals surface area contributed by atoms with Crippen LogP contribution in [0.1, 0.15) is 17.4 Å². The van der Waals surface area contributed by atoms with Crippen molar-refractivity contribution in [3.05, 3.63) is 29.3 Å². The second-order valence-corrected chi connectivity index (χ2v) is 5.09. The second kappa shape index (κ2) is 4.87. The van der Waals surface area contributed by atoms with Crippen molar-refractivity contribution in [1.29, 1.82) is 0 Å². The van der Waals surface area contributed by atoms with E-state index in [4.69, 9.17) is 4.84 Å². The van der Waals surface area contributed by atoms with Gasteiger partial charge in [0.05, 0.1) is 13.1 Å². The maximum absolute atomic E-state index is 12.8. The first-order valence-electron chi connectivity index (χ1n) is 6.42. The van der Waals surface area contributed by atoms with Crippen LogP contribution >= 0.6 is 0 Å². The van der Waals surface area contributed by atoms with Crippen LogP contribution in [0.5, 0.6) is 0 Å². The number of carbonyl (C=O) groups is 1. The zero-order chi connectivity index (χ0) is 15.0. The van der Waals surface area contributed by atoms with Crippen molar-refractivity contribution >= 4 is 18.1 Å². The highest BCUT2D eigenvalue weighted by molar-refractivity contribution is 5.82. The van der Waals surface area contributed by atoms with Crippen molar-refractivity contribution < 1.29 is 18.4 Å². The Kier molecular flexibility index (Phi) is 3.15. The van der Waals surface area contributed by atoms with Crippen molar-refractivity contribution in [2.45, 2.75) is 19.1 Å². The molecule has 112 valence electrons. The first-order valence-corrected chi connectivity index (χ1v) is 6.42. The molecule has 1 unspecified atom stereocenters. The highest BCUT2D eigenvalue weighted by Crippen LogP contribution is 2.30. The Hall–Kier alpha value is -2.38. The van der Waals surface area contributed by atoms with E-state index in [2.05, 4.69) is 15.8 Å². The van der Waals surface area contributed by atoms with Crippen LogP contribution in [-0.4, -0.2) is 36.3 Å². The summed E-state index contributed by atoms with van der Waals surface area (Å²) < 4.78 is 25.7. The summed E-state index contributed by atoms with van der Waals surface area (Å²) >= 11 is 0. The first kappa shape index (κ1) is 13.6. The average molecular weight is 296 g/mol. The highest BCUT2D eigenvalue weighted by Gasteiger charge is 2.47. The fourth-order valence-corrected chi connectivity index (χ4v) is 2.25. The molecule has 21 heavy (non-hydrogen) atoms. The topological polar surface area (TPSA) is 66.0 Å². The third kappa shape index (κ3) is 2.61. The number of hydrogen-bond donors (Lipinski definition) is 2. The van der Waals surface area contributed by atoms with Crippen molar-refractivity contribution in [2.24, 2.45) is 5.16 Å². The third-order valence-electron chi connectivity index (χ3n) is 3.43. The van der Waals surface area contributed by atoms with Crippen LogP contribution in [0, 0.1) is 6.92 Å². The minimum Gasteiger partial charge on any atom is -0.362 e. The number of likely N-dealkylation sites (tertiary alicyclic amines) is 1. The molecule has 1 amide bonds. The largest absolute Gasteiger partial charge is 0.362 e. The molecule has 0 spiro atoms. The zero-order valence-electron chi connectivity index (χ0n) is 11.3. The van der Waals surface area contributed by atoms with Crippen LogP contribution in [0.15, 0.2) is 23.4 Å². The quantitative estimate of drug-likeness (QED) is 0.828. The van der Waals surface area contributed by atoms with Gasteiger partial charge in [-0.2, -0.15) is 0 Å². The molecular formula is C13H14F2N4O2. The zero-order valence-corrected chi connectivity index (χ0v) is 11.3. The molecule has 6 nitrogen and oxygen atoms in total. The second-order valence-electron chi connectivity index (χ2n) is 5.09. The predicted octanol–water partition coefficient (Wildman–Crippen LogP) is 1.40. The van der Waals surface area contributed by atoms with E-state index in [1.54, 1.807) is 6.07 Å². The first-order chi connectivity index (χ1) is 9.98. The molecular weight excluding hydrogens is 282 g/mol. The van der Waals surface area contributed by atoms with Gasteiger partial charge >= 0.3 is 0 Å². The summed E-state index contributed by atoms with van der Waals surface area (Å²) in [6.45, 7) is 1.14. The number of aryl methyl sites for hydroxylation is 1. The van der Waals surface area contributed by atoms with E-state index in [-0.39, 0.29) is 13.1 Å². The maximum Gasteiger partial charge on any atom is 0.282 e. The predicted molar refractivity (Wildman–Crippen MR) is 71.8 cm³/mol. The Morgan fingerprint density at radius 2 is 2.29 bits per heavy atom. The number of amides is 1. The van der Waals surface area contributed by atoms with Crippen LogP contribution in [0.4, 0.5) is 14.5 Å². The highest BCUT2D eigenvalue weighted by atomic mass is 19.3. The minimum absolute atomic E-state index is 0.302. The lowest BCUT2D eigenvalue weighted by Crippen LogP contribution is -2.60. The number of halogens is 2. The third-order valence-corrected chi connectivity index (χ3v) is 3.43. The van der Waals surface area contributed by atoms with Crippen molar-refractivity contribution in [2.75, 3.05) is 18.4 Å². The number of guanidine groups is 1. The van der Waals surface area contributed by atoms with Crippen molar-refractivity contribution in [1.82, 2.24) is 10.2 Å². The monoisotopic (exact) mass is 296 g/mol. The molecule has 1 saturated heterocycles. The number of nitrogens with one attached hydrogen (secondary N) is 2. The lowest BCUT2D eigenvalue weighted by molar-refractivity contribution is -0.105. The van der Waals surface area contributed by atoms with E-state index in [9.17, 15) is 13.6 Å². The van der Waals surface area contributed by atoms with Crippen molar-refractivity contribution in [3.63, 3.8) is 0 Å². The van der Waals surface area contributed by atoms with Gasteiger partial charge in [0.1, 0.15) is 0 Å². The number of oxime groups is 1. The number of anilines is 1. The molecule has 1 fully saturated rings. The Labute approximate surface area is 119 Å². The smallest absolute Gasteiger partial charge is 0.282 e. The fourth-order valence-electron chi connectivity index (χ4n) is 2.25. The SMILES string of the molecule is Cc1ccc(C2NC(N3CC(F)(F)C3)=NO2)cc1NC=O. The number of benzene rings is 1. The Morgan fingerprint density at radius 1 is 1.52 bits per heavy atom.